The summed E-state index contributed by atoms with van der Waals surface area (Å²) in [6, 6.07) is 17.5. The highest BCUT2D eigenvalue weighted by Crippen LogP contribution is 2.22. The van der Waals surface area contributed by atoms with Crippen LogP contribution in [0.15, 0.2) is 65.7 Å². The quantitative estimate of drug-likeness (QED) is 0.432. The Balaban J connectivity index is 2.29. The van der Waals surface area contributed by atoms with Gasteiger partial charge in [0, 0.05) is 4.47 Å². The second-order valence-electron chi connectivity index (χ2n) is 4.35. The molecule has 104 valence electrons. The third-order valence-electron chi connectivity index (χ3n) is 2.81. The Bertz CT molecular complexity index is 696. The molecule has 0 aliphatic carbocycles. The van der Waals surface area contributed by atoms with E-state index in [1.807, 2.05) is 54.6 Å². The number of benzene rings is 2. The summed E-state index contributed by atoms with van der Waals surface area (Å²) in [5.41, 5.74) is 2.43. The number of allylic oxidation sites excluding steroid dienone is 1. The fraction of sp³-hybridized carbons (Fsp3) is 0.0556. The van der Waals surface area contributed by atoms with E-state index in [0.29, 0.717) is 12.2 Å². The minimum absolute atomic E-state index is 0.463. The summed E-state index contributed by atoms with van der Waals surface area (Å²) in [5.74, 6) is 0.761. The number of nitrogens with zero attached hydrogens (tertiary/aromatic N) is 1. The van der Waals surface area contributed by atoms with Crippen molar-refractivity contribution >= 4 is 27.6 Å². The number of hydrogen-bond acceptors (Lipinski definition) is 2. The first kappa shape index (κ1) is 15.1. The average molecular weight is 340 g/mol. The maximum Gasteiger partial charge on any atom is 0.120 e. The first-order chi connectivity index (χ1) is 10.2. The Morgan fingerprint density at radius 2 is 2.00 bits per heavy atom. The highest BCUT2D eigenvalue weighted by molar-refractivity contribution is 9.10. The van der Waals surface area contributed by atoms with Crippen molar-refractivity contribution in [2.24, 2.45) is 0 Å². The number of hydrogen-bond donors (Lipinski definition) is 0. The van der Waals surface area contributed by atoms with E-state index < -0.39 is 0 Å². The lowest BCUT2D eigenvalue weighted by Crippen LogP contribution is -1.92. The summed E-state index contributed by atoms with van der Waals surface area (Å²) in [5, 5.41) is 9.35. The molecule has 2 nitrogen and oxygen atoms in total. The van der Waals surface area contributed by atoms with Crippen LogP contribution in [0.3, 0.4) is 0 Å². The van der Waals surface area contributed by atoms with Gasteiger partial charge in [-0.05, 0) is 41.5 Å². The van der Waals surface area contributed by atoms with Gasteiger partial charge in [0.15, 0.2) is 0 Å². The van der Waals surface area contributed by atoms with Gasteiger partial charge in [-0.1, -0.05) is 52.9 Å². The number of nitriles is 1. The molecule has 21 heavy (non-hydrogen) atoms. The minimum Gasteiger partial charge on any atom is -0.490 e. The van der Waals surface area contributed by atoms with Gasteiger partial charge < -0.3 is 4.74 Å². The van der Waals surface area contributed by atoms with E-state index in [2.05, 4.69) is 28.6 Å². The molecule has 0 aliphatic rings. The second kappa shape index (κ2) is 7.47. The van der Waals surface area contributed by atoms with Crippen LogP contribution >= 0.6 is 15.9 Å². The van der Waals surface area contributed by atoms with Crippen molar-refractivity contribution in [2.45, 2.75) is 0 Å². The molecule has 0 radical (unpaired) electrons. The lowest BCUT2D eigenvalue weighted by Gasteiger charge is -2.04. The monoisotopic (exact) mass is 339 g/mol. The SMILES string of the molecule is C=CCOc1cccc(/C=C(\C#N)c2ccc(Br)cc2)c1. The molecule has 0 heterocycles. The van der Waals surface area contributed by atoms with E-state index in [9.17, 15) is 5.26 Å². The van der Waals surface area contributed by atoms with E-state index in [0.717, 1.165) is 21.3 Å². The fourth-order valence-electron chi connectivity index (χ4n) is 1.83. The Hall–Kier alpha value is -2.31. The van der Waals surface area contributed by atoms with Crippen LogP contribution < -0.4 is 4.74 Å². The molecule has 0 N–H and O–H groups in total. The van der Waals surface area contributed by atoms with Gasteiger partial charge in [-0.3, -0.25) is 0 Å². The van der Waals surface area contributed by atoms with Crippen molar-refractivity contribution in [3.05, 3.63) is 76.8 Å². The summed E-state index contributed by atoms with van der Waals surface area (Å²) < 4.78 is 6.49. The molecule has 0 spiro atoms. The molecule has 2 rings (SSSR count). The zero-order valence-corrected chi connectivity index (χ0v) is 13.0. The van der Waals surface area contributed by atoms with Crippen molar-refractivity contribution in [1.82, 2.24) is 0 Å². The van der Waals surface area contributed by atoms with Crippen LogP contribution in [0.2, 0.25) is 0 Å². The van der Waals surface area contributed by atoms with Gasteiger partial charge in [0.05, 0.1) is 11.6 Å². The van der Waals surface area contributed by atoms with Gasteiger partial charge in [0.2, 0.25) is 0 Å². The molecule has 0 aromatic heterocycles. The number of rotatable bonds is 5. The molecule has 0 amide bonds. The molecule has 0 saturated heterocycles. The summed E-state index contributed by atoms with van der Waals surface area (Å²) in [6.07, 6.45) is 3.55. The molecule has 3 heteroatoms. The standard InChI is InChI=1S/C18H14BrNO/c1-2-10-21-18-5-3-4-14(12-18)11-16(13-20)15-6-8-17(19)9-7-15/h2-9,11-12H,1,10H2/b16-11+. The van der Waals surface area contributed by atoms with Crippen molar-refractivity contribution < 1.29 is 4.74 Å². The highest BCUT2D eigenvalue weighted by atomic mass is 79.9. The van der Waals surface area contributed by atoms with Crippen LogP contribution in [0.4, 0.5) is 0 Å². The molecule has 2 aromatic carbocycles. The highest BCUT2D eigenvalue weighted by Gasteiger charge is 2.02. The molecule has 0 saturated carbocycles. The van der Waals surface area contributed by atoms with E-state index in [-0.39, 0.29) is 0 Å². The van der Waals surface area contributed by atoms with E-state index in [4.69, 9.17) is 4.74 Å². The number of halogens is 1. The summed E-state index contributed by atoms with van der Waals surface area (Å²) >= 11 is 3.39. The van der Waals surface area contributed by atoms with Gasteiger partial charge in [0.1, 0.15) is 12.4 Å². The van der Waals surface area contributed by atoms with E-state index >= 15 is 0 Å². The zero-order valence-electron chi connectivity index (χ0n) is 11.4. The van der Waals surface area contributed by atoms with Crippen LogP contribution in [0.5, 0.6) is 5.75 Å². The van der Waals surface area contributed by atoms with Gasteiger partial charge in [0.25, 0.3) is 0 Å². The molecule has 0 atom stereocenters. The van der Waals surface area contributed by atoms with Crippen LogP contribution in [0, 0.1) is 11.3 Å². The third-order valence-corrected chi connectivity index (χ3v) is 3.34. The van der Waals surface area contributed by atoms with Crippen LogP contribution in [0.1, 0.15) is 11.1 Å². The second-order valence-corrected chi connectivity index (χ2v) is 5.26. The molecule has 0 unspecified atom stereocenters. The van der Waals surface area contributed by atoms with Crippen molar-refractivity contribution in [1.29, 1.82) is 5.26 Å². The number of ether oxygens (including phenoxy) is 1. The zero-order chi connectivity index (χ0) is 15.1. The van der Waals surface area contributed by atoms with Crippen molar-refractivity contribution in [3.63, 3.8) is 0 Å². The first-order valence-corrected chi connectivity index (χ1v) is 7.23. The average Bonchev–Trinajstić information content (AvgIpc) is 2.52. The molecule has 0 aliphatic heterocycles. The lowest BCUT2D eigenvalue weighted by atomic mass is 10.0. The topological polar surface area (TPSA) is 33.0 Å². The molecule has 2 aromatic rings. The first-order valence-electron chi connectivity index (χ1n) is 6.44. The van der Waals surface area contributed by atoms with Crippen LogP contribution in [-0.2, 0) is 0 Å². The maximum atomic E-state index is 9.35. The largest absolute Gasteiger partial charge is 0.490 e. The van der Waals surface area contributed by atoms with Crippen molar-refractivity contribution in [2.75, 3.05) is 6.61 Å². The predicted molar refractivity (Wildman–Crippen MR) is 89.8 cm³/mol. The maximum absolute atomic E-state index is 9.35. The van der Waals surface area contributed by atoms with Gasteiger partial charge in [-0.15, -0.1) is 0 Å². The normalized spacial score (nSPS) is 10.8. The minimum atomic E-state index is 0.463. The van der Waals surface area contributed by atoms with Crippen LogP contribution in [0.25, 0.3) is 11.6 Å². The summed E-state index contributed by atoms with van der Waals surface area (Å²) in [7, 11) is 0. The molecule has 0 fully saturated rings. The van der Waals surface area contributed by atoms with Gasteiger partial charge in [-0.2, -0.15) is 5.26 Å². The molecular formula is C18H14BrNO. The fourth-order valence-corrected chi connectivity index (χ4v) is 2.09. The third kappa shape index (κ3) is 4.34. The van der Waals surface area contributed by atoms with E-state index in [1.54, 1.807) is 6.08 Å². The summed E-state index contributed by atoms with van der Waals surface area (Å²) in [6.45, 7) is 4.09. The van der Waals surface area contributed by atoms with Crippen LogP contribution in [-0.4, -0.2) is 6.61 Å². The lowest BCUT2D eigenvalue weighted by molar-refractivity contribution is 0.363. The Labute approximate surface area is 133 Å². The summed E-state index contributed by atoms with van der Waals surface area (Å²) in [4.78, 5) is 0. The predicted octanol–water partition coefficient (Wildman–Crippen LogP) is 5.08. The van der Waals surface area contributed by atoms with Gasteiger partial charge >= 0.3 is 0 Å². The smallest absolute Gasteiger partial charge is 0.120 e. The Morgan fingerprint density at radius 1 is 1.24 bits per heavy atom. The van der Waals surface area contributed by atoms with Gasteiger partial charge in [-0.25, -0.2) is 0 Å². The van der Waals surface area contributed by atoms with E-state index in [1.165, 1.54) is 0 Å². The van der Waals surface area contributed by atoms with Crippen molar-refractivity contribution in [3.8, 4) is 11.8 Å². The molecule has 0 bridgehead atoms. The molecular weight excluding hydrogens is 326 g/mol. The Morgan fingerprint density at radius 3 is 2.67 bits per heavy atom. The Kier molecular flexibility index (Phi) is 5.36.